The number of aromatic nitrogens is 1. The van der Waals surface area contributed by atoms with Crippen molar-refractivity contribution in [3.63, 3.8) is 0 Å². The summed E-state index contributed by atoms with van der Waals surface area (Å²) in [6, 6.07) is 13.1. The zero-order chi connectivity index (χ0) is 23.7. The number of amides is 1. The predicted octanol–water partition coefficient (Wildman–Crippen LogP) is 3.60. The van der Waals surface area contributed by atoms with E-state index in [1.807, 2.05) is 17.0 Å². The van der Waals surface area contributed by atoms with Crippen molar-refractivity contribution in [1.82, 2.24) is 13.8 Å². The van der Waals surface area contributed by atoms with E-state index in [9.17, 15) is 18.0 Å². The number of fused-ring (bicyclic) bond motifs is 2. The highest BCUT2D eigenvalue weighted by atomic mass is 32.2. The molecule has 1 saturated heterocycles. The Kier molecular flexibility index (Phi) is 6.59. The molecule has 0 bridgehead atoms. The van der Waals surface area contributed by atoms with Gasteiger partial charge in [-0.2, -0.15) is 4.31 Å². The largest absolute Gasteiger partial charge is 0.338 e. The molecule has 1 fully saturated rings. The summed E-state index contributed by atoms with van der Waals surface area (Å²) in [5.74, 6) is 0.0288. The summed E-state index contributed by atoms with van der Waals surface area (Å²) in [5, 5.41) is 0. The third-order valence-electron chi connectivity index (χ3n) is 6.88. The third-order valence-corrected chi connectivity index (χ3v) is 9.71. The third kappa shape index (κ3) is 4.56. The van der Waals surface area contributed by atoms with Crippen LogP contribution in [-0.4, -0.2) is 47.7 Å². The highest BCUT2D eigenvalue weighted by Gasteiger charge is 2.26. The van der Waals surface area contributed by atoms with Crippen LogP contribution in [0.5, 0.6) is 0 Å². The normalized spacial score (nSPS) is 17.5. The van der Waals surface area contributed by atoms with E-state index in [0.717, 1.165) is 43.4 Å². The second-order valence-electron chi connectivity index (χ2n) is 9.05. The molecule has 2 aliphatic rings. The molecular weight excluding hydrogens is 470 g/mol. The Labute approximate surface area is 203 Å². The maximum atomic E-state index is 13.1. The first-order valence-electron chi connectivity index (χ1n) is 11.9. The van der Waals surface area contributed by atoms with Crippen molar-refractivity contribution in [2.45, 2.75) is 56.5 Å². The SMILES string of the molecule is O=C(CCn1c(=O)sc2cc(S(=O)(=O)N3CCCCCC3)ccc21)N1CCc2ccccc2C1. The van der Waals surface area contributed by atoms with Gasteiger partial charge in [-0.3, -0.25) is 14.2 Å². The van der Waals surface area contributed by atoms with Gasteiger partial charge in [0.05, 0.1) is 15.1 Å². The monoisotopic (exact) mass is 499 g/mol. The van der Waals surface area contributed by atoms with E-state index in [2.05, 4.69) is 12.1 Å². The van der Waals surface area contributed by atoms with Gasteiger partial charge in [0, 0.05) is 39.1 Å². The van der Waals surface area contributed by atoms with Crippen LogP contribution < -0.4 is 4.87 Å². The van der Waals surface area contributed by atoms with E-state index in [4.69, 9.17) is 0 Å². The number of thiazole rings is 1. The van der Waals surface area contributed by atoms with Crippen LogP contribution in [0.2, 0.25) is 0 Å². The number of benzene rings is 2. The number of hydrogen-bond acceptors (Lipinski definition) is 5. The number of aryl methyl sites for hydroxylation is 1. The Morgan fingerprint density at radius 3 is 2.44 bits per heavy atom. The number of hydrogen-bond donors (Lipinski definition) is 0. The molecule has 7 nitrogen and oxygen atoms in total. The fourth-order valence-electron chi connectivity index (χ4n) is 4.92. The van der Waals surface area contributed by atoms with Crippen molar-refractivity contribution in [2.75, 3.05) is 19.6 Å². The number of sulfonamides is 1. The molecule has 0 unspecified atom stereocenters. The van der Waals surface area contributed by atoms with Gasteiger partial charge in [-0.05, 0) is 48.6 Å². The molecule has 2 aliphatic heterocycles. The summed E-state index contributed by atoms with van der Waals surface area (Å²) in [5.41, 5.74) is 3.15. The summed E-state index contributed by atoms with van der Waals surface area (Å²) in [6.07, 6.45) is 4.94. The molecule has 0 saturated carbocycles. The summed E-state index contributed by atoms with van der Waals surface area (Å²) >= 11 is 1.04. The molecule has 0 radical (unpaired) electrons. The van der Waals surface area contributed by atoms with Gasteiger partial charge in [-0.15, -0.1) is 0 Å². The van der Waals surface area contributed by atoms with Crippen molar-refractivity contribution in [1.29, 1.82) is 0 Å². The molecule has 180 valence electrons. The molecule has 1 aromatic heterocycles. The minimum atomic E-state index is -3.58. The predicted molar refractivity (Wildman–Crippen MR) is 133 cm³/mol. The van der Waals surface area contributed by atoms with Gasteiger partial charge >= 0.3 is 4.87 Å². The first-order valence-corrected chi connectivity index (χ1v) is 14.2. The smallest absolute Gasteiger partial charge is 0.308 e. The van der Waals surface area contributed by atoms with Crippen molar-refractivity contribution in [3.8, 4) is 0 Å². The van der Waals surface area contributed by atoms with E-state index in [0.29, 0.717) is 36.4 Å². The van der Waals surface area contributed by atoms with Crippen molar-refractivity contribution in [3.05, 3.63) is 63.3 Å². The number of carbonyl (C=O) groups is 1. The van der Waals surface area contributed by atoms with Crippen LogP contribution >= 0.6 is 11.3 Å². The average Bonchev–Trinajstić information content (AvgIpc) is 3.00. The van der Waals surface area contributed by atoms with Gasteiger partial charge in [0.15, 0.2) is 0 Å². The van der Waals surface area contributed by atoms with E-state index < -0.39 is 10.0 Å². The summed E-state index contributed by atoms with van der Waals surface area (Å²) in [4.78, 5) is 27.5. The van der Waals surface area contributed by atoms with E-state index >= 15 is 0 Å². The summed E-state index contributed by atoms with van der Waals surface area (Å²) in [6.45, 7) is 2.66. The van der Waals surface area contributed by atoms with Crippen LogP contribution in [0, 0.1) is 0 Å². The van der Waals surface area contributed by atoms with Crippen molar-refractivity contribution in [2.24, 2.45) is 0 Å². The highest BCUT2D eigenvalue weighted by Crippen LogP contribution is 2.26. The van der Waals surface area contributed by atoms with Crippen LogP contribution in [-0.2, 0) is 34.3 Å². The molecule has 5 rings (SSSR count). The first-order chi connectivity index (χ1) is 16.4. The Hall–Kier alpha value is -2.49. The zero-order valence-corrected chi connectivity index (χ0v) is 20.7. The maximum absolute atomic E-state index is 13.1. The Balaban J connectivity index is 1.31. The lowest BCUT2D eigenvalue weighted by Crippen LogP contribution is -2.36. The van der Waals surface area contributed by atoms with Crippen molar-refractivity contribution < 1.29 is 13.2 Å². The van der Waals surface area contributed by atoms with Gasteiger partial charge in [-0.1, -0.05) is 48.4 Å². The van der Waals surface area contributed by atoms with Gasteiger partial charge in [0.25, 0.3) is 0 Å². The second-order valence-corrected chi connectivity index (χ2v) is 12.0. The van der Waals surface area contributed by atoms with Crippen LogP contribution in [0.1, 0.15) is 43.2 Å². The Morgan fingerprint density at radius 2 is 1.68 bits per heavy atom. The van der Waals surface area contributed by atoms with E-state index in [1.54, 1.807) is 27.1 Å². The molecule has 1 amide bonds. The lowest BCUT2D eigenvalue weighted by atomic mass is 10.00. The van der Waals surface area contributed by atoms with Gasteiger partial charge in [0.1, 0.15) is 0 Å². The van der Waals surface area contributed by atoms with E-state index in [-0.39, 0.29) is 28.6 Å². The first kappa shape index (κ1) is 23.3. The number of carbonyl (C=O) groups excluding carboxylic acids is 1. The molecule has 0 N–H and O–H groups in total. The summed E-state index contributed by atoms with van der Waals surface area (Å²) < 4.78 is 30.1. The van der Waals surface area contributed by atoms with Crippen molar-refractivity contribution >= 4 is 37.5 Å². The number of rotatable bonds is 5. The summed E-state index contributed by atoms with van der Waals surface area (Å²) in [7, 11) is -3.58. The van der Waals surface area contributed by atoms with Gasteiger partial charge < -0.3 is 4.90 Å². The van der Waals surface area contributed by atoms with E-state index in [1.165, 1.54) is 11.1 Å². The fraction of sp³-hybridized carbons (Fsp3) is 0.440. The van der Waals surface area contributed by atoms with Crippen LogP contribution in [0.3, 0.4) is 0 Å². The minimum absolute atomic E-state index is 0.0288. The highest BCUT2D eigenvalue weighted by molar-refractivity contribution is 7.89. The Bertz CT molecular complexity index is 1370. The minimum Gasteiger partial charge on any atom is -0.338 e. The number of nitrogens with zero attached hydrogens (tertiary/aromatic N) is 3. The van der Waals surface area contributed by atoms with Gasteiger partial charge in [-0.25, -0.2) is 8.42 Å². The Morgan fingerprint density at radius 1 is 0.941 bits per heavy atom. The molecule has 0 aliphatic carbocycles. The fourth-order valence-corrected chi connectivity index (χ4v) is 7.50. The molecule has 0 atom stereocenters. The zero-order valence-electron chi connectivity index (χ0n) is 19.1. The van der Waals surface area contributed by atoms with Crippen LogP contribution in [0.25, 0.3) is 10.2 Å². The van der Waals surface area contributed by atoms with Crippen LogP contribution in [0.15, 0.2) is 52.2 Å². The molecular formula is C25H29N3O4S2. The standard InChI is InChI=1S/C25H29N3O4S2/c29-24(26-15-11-19-7-3-4-8-20(19)18-26)12-16-28-22-10-9-21(17-23(22)33-25(28)30)34(31,32)27-13-5-1-2-6-14-27/h3-4,7-10,17H,1-2,5-6,11-16,18H2. The lowest BCUT2D eigenvalue weighted by Gasteiger charge is -2.29. The van der Waals surface area contributed by atoms with Crippen LogP contribution in [0.4, 0.5) is 0 Å². The lowest BCUT2D eigenvalue weighted by molar-refractivity contribution is -0.132. The van der Waals surface area contributed by atoms with Gasteiger partial charge in [0.2, 0.25) is 15.9 Å². The second kappa shape index (κ2) is 9.64. The maximum Gasteiger partial charge on any atom is 0.308 e. The molecule has 9 heteroatoms. The molecule has 0 spiro atoms. The molecule has 34 heavy (non-hydrogen) atoms. The topological polar surface area (TPSA) is 79.7 Å². The quantitative estimate of drug-likeness (QED) is 0.537. The molecule has 3 aromatic rings. The molecule has 3 heterocycles. The average molecular weight is 500 g/mol. The molecule has 2 aromatic carbocycles.